The minimum absolute atomic E-state index is 0.719. The number of rotatable bonds is 3. The molecule has 0 fully saturated rings. The van der Waals surface area contributed by atoms with Crippen molar-refractivity contribution < 1.29 is 9.47 Å². The number of benzene rings is 10. The van der Waals surface area contributed by atoms with E-state index in [0.717, 1.165) is 44.9 Å². The average Bonchev–Trinajstić information content (AvgIpc) is 3.20. The highest BCUT2D eigenvalue weighted by molar-refractivity contribution is 6.19. The van der Waals surface area contributed by atoms with Gasteiger partial charge in [0.25, 0.3) is 0 Å². The standard InChI is InChI=1S/C50H30O2/c1-2-12-32-29-49-48(28-31(32)11-1)51-46-26-21-35(30-47(46)52-49)36-22-23-43(40-18-8-7-17-39(36)40)44-24-25-45(42-20-10-9-19-41(42)44)50-37-15-5-3-13-33(37)27-34-14-4-6-16-38(34)50/h1-30H. The van der Waals surface area contributed by atoms with Gasteiger partial charge in [0.1, 0.15) is 0 Å². The van der Waals surface area contributed by atoms with Gasteiger partial charge in [0, 0.05) is 0 Å². The monoisotopic (exact) mass is 662 g/mol. The van der Waals surface area contributed by atoms with E-state index in [2.05, 4.69) is 158 Å². The van der Waals surface area contributed by atoms with Gasteiger partial charge in [-0.25, -0.2) is 0 Å². The number of hydrogen-bond donors (Lipinski definition) is 0. The van der Waals surface area contributed by atoms with Crippen molar-refractivity contribution in [3.8, 4) is 56.4 Å². The van der Waals surface area contributed by atoms with Crippen LogP contribution in [0.1, 0.15) is 0 Å². The quantitative estimate of drug-likeness (QED) is 0.175. The second-order valence-electron chi connectivity index (χ2n) is 13.6. The van der Waals surface area contributed by atoms with Crippen molar-refractivity contribution in [2.45, 2.75) is 0 Å². The van der Waals surface area contributed by atoms with Crippen LogP contribution < -0.4 is 9.47 Å². The van der Waals surface area contributed by atoms with Gasteiger partial charge in [0.2, 0.25) is 0 Å². The maximum atomic E-state index is 6.48. The van der Waals surface area contributed by atoms with Gasteiger partial charge in [0.15, 0.2) is 23.0 Å². The van der Waals surface area contributed by atoms with Crippen LogP contribution in [-0.4, -0.2) is 0 Å². The second-order valence-corrected chi connectivity index (χ2v) is 13.6. The van der Waals surface area contributed by atoms with E-state index < -0.39 is 0 Å². The molecule has 0 radical (unpaired) electrons. The predicted octanol–water partition coefficient (Wildman–Crippen LogP) is 14.4. The van der Waals surface area contributed by atoms with Crippen molar-refractivity contribution in [2.75, 3.05) is 0 Å². The molecule has 242 valence electrons. The molecule has 0 spiro atoms. The van der Waals surface area contributed by atoms with E-state index in [4.69, 9.17) is 9.47 Å². The summed E-state index contributed by atoms with van der Waals surface area (Å²) in [6.07, 6.45) is 0. The van der Waals surface area contributed by atoms with Crippen LogP contribution in [0.3, 0.4) is 0 Å². The SMILES string of the molecule is c1ccc2cc3c(cc2c1)Oc1ccc(-c2ccc(-c4ccc(-c5c6ccccc6cc6ccccc56)c5ccccc45)c4ccccc24)cc1O3. The van der Waals surface area contributed by atoms with E-state index >= 15 is 0 Å². The average molecular weight is 663 g/mol. The Morgan fingerprint density at radius 3 is 1.23 bits per heavy atom. The Bertz CT molecular complexity index is 3030. The fourth-order valence-electron chi connectivity index (χ4n) is 8.28. The summed E-state index contributed by atoms with van der Waals surface area (Å²) in [5.41, 5.74) is 7.20. The summed E-state index contributed by atoms with van der Waals surface area (Å²) in [5.74, 6) is 2.91. The first-order chi connectivity index (χ1) is 25.8. The van der Waals surface area contributed by atoms with Crippen LogP contribution in [-0.2, 0) is 0 Å². The van der Waals surface area contributed by atoms with Crippen molar-refractivity contribution >= 4 is 53.9 Å². The highest BCUT2D eigenvalue weighted by Crippen LogP contribution is 2.49. The molecule has 1 aliphatic rings. The van der Waals surface area contributed by atoms with Crippen molar-refractivity contribution in [1.82, 2.24) is 0 Å². The van der Waals surface area contributed by atoms with E-state index in [1.165, 1.54) is 65.3 Å². The topological polar surface area (TPSA) is 18.5 Å². The zero-order chi connectivity index (χ0) is 34.2. The lowest BCUT2D eigenvalue weighted by molar-refractivity contribution is 0.360. The molecule has 0 saturated heterocycles. The van der Waals surface area contributed by atoms with Gasteiger partial charge >= 0.3 is 0 Å². The van der Waals surface area contributed by atoms with Crippen LogP contribution in [0.15, 0.2) is 182 Å². The summed E-state index contributed by atoms with van der Waals surface area (Å²) >= 11 is 0. The molecule has 0 N–H and O–H groups in total. The number of fused-ring (bicyclic) bond motifs is 7. The third-order valence-electron chi connectivity index (χ3n) is 10.7. The Morgan fingerprint density at radius 1 is 0.250 bits per heavy atom. The maximum absolute atomic E-state index is 6.48. The molecule has 52 heavy (non-hydrogen) atoms. The van der Waals surface area contributed by atoms with Gasteiger partial charge in [-0.2, -0.15) is 0 Å². The highest BCUT2D eigenvalue weighted by Gasteiger charge is 2.22. The van der Waals surface area contributed by atoms with Crippen LogP contribution in [0.5, 0.6) is 23.0 Å². The highest BCUT2D eigenvalue weighted by atomic mass is 16.6. The zero-order valence-electron chi connectivity index (χ0n) is 28.1. The fraction of sp³-hybridized carbons (Fsp3) is 0. The molecule has 2 nitrogen and oxygen atoms in total. The van der Waals surface area contributed by atoms with Crippen LogP contribution in [0.25, 0.3) is 87.2 Å². The molecular formula is C50H30O2. The summed E-state index contributed by atoms with van der Waals surface area (Å²) < 4.78 is 12.8. The molecule has 11 rings (SSSR count). The van der Waals surface area contributed by atoms with Crippen molar-refractivity contribution in [2.24, 2.45) is 0 Å². The molecule has 1 heterocycles. The molecule has 0 unspecified atom stereocenters. The largest absolute Gasteiger partial charge is 0.449 e. The third-order valence-corrected chi connectivity index (χ3v) is 10.7. The molecule has 0 aromatic heterocycles. The predicted molar refractivity (Wildman–Crippen MR) is 217 cm³/mol. The summed E-state index contributed by atoms with van der Waals surface area (Å²) in [6, 6.07) is 65.2. The normalized spacial score (nSPS) is 12.2. The minimum atomic E-state index is 0.719. The molecular weight excluding hydrogens is 633 g/mol. The summed E-state index contributed by atoms with van der Waals surface area (Å²) in [6.45, 7) is 0. The van der Waals surface area contributed by atoms with Crippen LogP contribution >= 0.6 is 0 Å². The van der Waals surface area contributed by atoms with E-state index in [1.54, 1.807) is 0 Å². The Morgan fingerprint density at radius 2 is 0.654 bits per heavy atom. The van der Waals surface area contributed by atoms with Crippen LogP contribution in [0, 0.1) is 0 Å². The Labute approximate surface area is 300 Å². The van der Waals surface area contributed by atoms with Gasteiger partial charge < -0.3 is 9.47 Å². The van der Waals surface area contributed by atoms with Crippen LogP contribution in [0.4, 0.5) is 0 Å². The van der Waals surface area contributed by atoms with Crippen molar-refractivity contribution in [3.63, 3.8) is 0 Å². The molecule has 10 aromatic rings. The molecule has 2 heteroatoms. The lowest BCUT2D eigenvalue weighted by atomic mass is 9.85. The van der Waals surface area contributed by atoms with E-state index in [0.29, 0.717) is 0 Å². The van der Waals surface area contributed by atoms with Crippen molar-refractivity contribution in [3.05, 3.63) is 182 Å². The number of hydrogen-bond acceptors (Lipinski definition) is 2. The molecule has 0 amide bonds. The smallest absolute Gasteiger partial charge is 0.170 e. The van der Waals surface area contributed by atoms with Gasteiger partial charge in [-0.05, 0) is 118 Å². The Kier molecular flexibility index (Phi) is 6.28. The summed E-state index contributed by atoms with van der Waals surface area (Å²) in [7, 11) is 0. The fourth-order valence-corrected chi connectivity index (χ4v) is 8.28. The van der Waals surface area contributed by atoms with E-state index in [1.807, 2.05) is 24.3 Å². The first kappa shape index (κ1) is 28.9. The molecule has 1 aliphatic heterocycles. The zero-order valence-corrected chi connectivity index (χ0v) is 28.1. The van der Waals surface area contributed by atoms with Gasteiger partial charge in [-0.3, -0.25) is 0 Å². The van der Waals surface area contributed by atoms with E-state index in [-0.39, 0.29) is 0 Å². The first-order valence-corrected chi connectivity index (χ1v) is 17.7. The van der Waals surface area contributed by atoms with Gasteiger partial charge in [0.05, 0.1) is 0 Å². The molecule has 0 saturated carbocycles. The molecule has 0 aliphatic carbocycles. The Hall–Kier alpha value is -6.90. The first-order valence-electron chi connectivity index (χ1n) is 17.7. The van der Waals surface area contributed by atoms with Gasteiger partial charge in [-0.1, -0.05) is 152 Å². The lowest BCUT2D eigenvalue weighted by Gasteiger charge is -2.22. The summed E-state index contributed by atoms with van der Waals surface area (Å²) in [5, 5.41) is 12.2. The number of ether oxygens (including phenoxy) is 2. The maximum Gasteiger partial charge on any atom is 0.170 e. The van der Waals surface area contributed by atoms with Crippen LogP contribution in [0.2, 0.25) is 0 Å². The lowest BCUT2D eigenvalue weighted by Crippen LogP contribution is -1.99. The molecule has 10 aromatic carbocycles. The summed E-state index contributed by atoms with van der Waals surface area (Å²) in [4.78, 5) is 0. The third kappa shape index (κ3) is 4.44. The van der Waals surface area contributed by atoms with E-state index in [9.17, 15) is 0 Å². The molecule has 0 atom stereocenters. The Balaban J connectivity index is 1.05. The minimum Gasteiger partial charge on any atom is -0.449 e. The van der Waals surface area contributed by atoms with Crippen molar-refractivity contribution in [1.29, 1.82) is 0 Å². The molecule has 0 bridgehead atoms. The van der Waals surface area contributed by atoms with Gasteiger partial charge in [-0.15, -0.1) is 0 Å². The second kappa shape index (κ2) is 11.3.